The Morgan fingerprint density at radius 2 is 2.12 bits per heavy atom. The zero-order chi connectivity index (χ0) is 22.9. The highest BCUT2D eigenvalue weighted by Crippen LogP contribution is 2.28. The largest absolute Gasteiger partial charge is 0.481 e. The van der Waals surface area contributed by atoms with Crippen LogP contribution in [0.25, 0.3) is 0 Å². The minimum atomic E-state index is -0.109. The first-order valence-corrected chi connectivity index (χ1v) is 11.1. The third-order valence-electron chi connectivity index (χ3n) is 6.28. The summed E-state index contributed by atoms with van der Waals surface area (Å²) in [5.74, 6) is 1.24. The molecule has 1 amide bonds. The molecular weight excluding hydrogens is 424 g/mol. The highest BCUT2D eigenvalue weighted by Gasteiger charge is 2.32. The van der Waals surface area contributed by atoms with Crippen molar-refractivity contribution < 1.29 is 14.3 Å². The van der Waals surface area contributed by atoms with E-state index in [1.807, 2.05) is 18.9 Å². The van der Waals surface area contributed by atoms with Crippen LogP contribution in [0.5, 0.6) is 5.88 Å². The van der Waals surface area contributed by atoms with Gasteiger partial charge in [-0.15, -0.1) is 0 Å². The molecule has 2 aromatic rings. The molecule has 3 aliphatic rings. The second-order valence-electron chi connectivity index (χ2n) is 8.47. The number of hydrogen-bond donors (Lipinski definition) is 0. The third kappa shape index (κ3) is 4.15. The number of aliphatic imine (C=N–C) groups is 1. The Balaban J connectivity index is 1.27. The smallest absolute Gasteiger partial charge is 0.272 e. The van der Waals surface area contributed by atoms with Crippen LogP contribution in [0.15, 0.2) is 35.6 Å². The number of aromatic nitrogens is 4. The predicted octanol–water partition coefficient (Wildman–Crippen LogP) is 0.998. The third-order valence-corrected chi connectivity index (χ3v) is 6.28. The Hall–Kier alpha value is -3.47. The van der Waals surface area contributed by atoms with Crippen molar-refractivity contribution in [2.45, 2.75) is 32.4 Å². The summed E-state index contributed by atoms with van der Waals surface area (Å²) >= 11 is 0. The number of ether oxygens (including phenoxy) is 2. The number of imidazole rings is 1. The standard InChI is InChI=1S/C22H28N8O3/c1-15-9-30(14-26-20(15)32-3)29-7-5-18-17(11-29)21(25-12-24-18)33-16-4-6-28(10-16)22(31)19-8-23-13-27(19)2/h8-9,12-13,16H,4-7,10-11,14H2,1-3H3. The van der Waals surface area contributed by atoms with Gasteiger partial charge < -0.3 is 18.9 Å². The number of carbonyl (C=O) groups is 1. The molecule has 3 aliphatic heterocycles. The second kappa shape index (κ2) is 8.81. The maximum absolute atomic E-state index is 12.8. The fourth-order valence-electron chi connectivity index (χ4n) is 4.49. The number of hydrogen-bond acceptors (Lipinski definition) is 9. The van der Waals surface area contributed by atoms with E-state index in [9.17, 15) is 4.79 Å². The lowest BCUT2D eigenvalue weighted by Gasteiger charge is -2.38. The minimum absolute atomic E-state index is 0.0276. The fraction of sp³-hybridized carbons (Fsp3) is 0.500. The molecule has 1 saturated heterocycles. The van der Waals surface area contributed by atoms with Gasteiger partial charge in [-0.05, 0) is 6.92 Å². The molecule has 33 heavy (non-hydrogen) atoms. The van der Waals surface area contributed by atoms with Crippen molar-refractivity contribution in [3.63, 3.8) is 0 Å². The molecule has 1 fully saturated rings. The van der Waals surface area contributed by atoms with Crippen LogP contribution in [-0.2, 0) is 24.8 Å². The molecule has 1 unspecified atom stereocenters. The summed E-state index contributed by atoms with van der Waals surface area (Å²) in [6.45, 7) is 5.13. The minimum Gasteiger partial charge on any atom is -0.481 e. The molecule has 174 valence electrons. The average Bonchev–Trinajstić information content (AvgIpc) is 3.47. The molecule has 0 N–H and O–H groups in total. The average molecular weight is 453 g/mol. The van der Waals surface area contributed by atoms with Gasteiger partial charge in [-0.1, -0.05) is 0 Å². The van der Waals surface area contributed by atoms with Crippen molar-refractivity contribution in [1.29, 1.82) is 0 Å². The fourth-order valence-corrected chi connectivity index (χ4v) is 4.49. The van der Waals surface area contributed by atoms with Gasteiger partial charge in [0, 0.05) is 44.8 Å². The van der Waals surface area contributed by atoms with E-state index in [1.165, 1.54) is 0 Å². The number of hydrazine groups is 1. The van der Waals surface area contributed by atoms with Crippen molar-refractivity contribution in [3.8, 4) is 5.88 Å². The SMILES string of the molecule is COC1=NCN(N2CCc3ncnc(OC4CCN(C(=O)c5cncn5C)C4)c3C2)C=C1C. The van der Waals surface area contributed by atoms with E-state index < -0.39 is 0 Å². The highest BCUT2D eigenvalue weighted by molar-refractivity contribution is 5.93. The summed E-state index contributed by atoms with van der Waals surface area (Å²) in [4.78, 5) is 32.1. The van der Waals surface area contributed by atoms with Gasteiger partial charge in [-0.3, -0.25) is 9.80 Å². The van der Waals surface area contributed by atoms with Gasteiger partial charge in [-0.2, -0.15) is 0 Å². The van der Waals surface area contributed by atoms with Crippen molar-refractivity contribution in [2.75, 3.05) is 33.4 Å². The monoisotopic (exact) mass is 452 g/mol. The van der Waals surface area contributed by atoms with Crippen LogP contribution in [0.3, 0.4) is 0 Å². The first-order valence-electron chi connectivity index (χ1n) is 11.1. The number of methoxy groups -OCH3 is 1. The van der Waals surface area contributed by atoms with E-state index >= 15 is 0 Å². The van der Waals surface area contributed by atoms with Gasteiger partial charge in [0.25, 0.3) is 5.91 Å². The molecule has 0 saturated carbocycles. The number of carbonyl (C=O) groups excluding carboxylic acids is 1. The quantitative estimate of drug-likeness (QED) is 0.677. The molecule has 2 aromatic heterocycles. The number of rotatable bonds is 4. The van der Waals surface area contributed by atoms with Crippen LogP contribution in [0.4, 0.5) is 0 Å². The van der Waals surface area contributed by atoms with E-state index in [4.69, 9.17) is 9.47 Å². The molecule has 0 spiro atoms. The van der Waals surface area contributed by atoms with Crippen LogP contribution in [0.2, 0.25) is 0 Å². The molecule has 11 nitrogen and oxygen atoms in total. The predicted molar refractivity (Wildman–Crippen MR) is 119 cm³/mol. The van der Waals surface area contributed by atoms with Crippen LogP contribution < -0.4 is 4.74 Å². The van der Waals surface area contributed by atoms with Crippen molar-refractivity contribution in [2.24, 2.45) is 12.0 Å². The van der Waals surface area contributed by atoms with E-state index in [1.54, 1.807) is 30.5 Å². The second-order valence-corrected chi connectivity index (χ2v) is 8.47. The summed E-state index contributed by atoms with van der Waals surface area (Å²) in [7, 11) is 3.46. The van der Waals surface area contributed by atoms with Gasteiger partial charge in [0.1, 0.15) is 24.8 Å². The number of nitrogens with zero attached hydrogens (tertiary/aromatic N) is 8. The van der Waals surface area contributed by atoms with Crippen molar-refractivity contribution in [3.05, 3.63) is 47.6 Å². The Morgan fingerprint density at radius 1 is 1.24 bits per heavy atom. The Kier molecular flexibility index (Phi) is 5.71. The maximum Gasteiger partial charge on any atom is 0.272 e. The van der Waals surface area contributed by atoms with E-state index in [0.717, 1.165) is 36.2 Å². The summed E-state index contributed by atoms with van der Waals surface area (Å²) in [6, 6.07) is 0. The number of likely N-dealkylation sites (tertiary alicyclic amines) is 1. The van der Waals surface area contributed by atoms with Gasteiger partial charge in [-0.25, -0.2) is 25.0 Å². The summed E-state index contributed by atoms with van der Waals surface area (Å²) < 4.78 is 13.4. The van der Waals surface area contributed by atoms with Crippen LogP contribution in [0, 0.1) is 0 Å². The van der Waals surface area contributed by atoms with Gasteiger partial charge >= 0.3 is 0 Å². The number of amides is 1. The zero-order valence-corrected chi connectivity index (χ0v) is 19.1. The molecule has 0 bridgehead atoms. The lowest BCUT2D eigenvalue weighted by molar-refractivity contribution is 0.00515. The molecule has 0 radical (unpaired) electrons. The van der Waals surface area contributed by atoms with E-state index in [-0.39, 0.29) is 12.0 Å². The molecule has 5 rings (SSSR count). The summed E-state index contributed by atoms with van der Waals surface area (Å²) in [5.41, 5.74) is 3.57. The Bertz CT molecular complexity index is 1110. The van der Waals surface area contributed by atoms with Crippen LogP contribution >= 0.6 is 0 Å². The van der Waals surface area contributed by atoms with Crippen molar-refractivity contribution >= 4 is 11.8 Å². The normalized spacial score (nSPS) is 20.9. The lowest BCUT2D eigenvalue weighted by atomic mass is 10.1. The van der Waals surface area contributed by atoms with Crippen LogP contribution in [0.1, 0.15) is 35.1 Å². The van der Waals surface area contributed by atoms with Crippen molar-refractivity contribution in [1.82, 2.24) is 34.4 Å². The van der Waals surface area contributed by atoms with E-state index in [0.29, 0.717) is 43.8 Å². The van der Waals surface area contributed by atoms with E-state index in [2.05, 4.69) is 36.2 Å². The Labute approximate surface area is 192 Å². The molecule has 5 heterocycles. The van der Waals surface area contributed by atoms with Crippen LogP contribution in [-0.4, -0.2) is 85.8 Å². The summed E-state index contributed by atoms with van der Waals surface area (Å²) in [6.07, 6.45) is 8.31. The zero-order valence-electron chi connectivity index (χ0n) is 19.1. The molecule has 1 atom stereocenters. The first-order chi connectivity index (χ1) is 16.0. The molecule has 0 aliphatic carbocycles. The summed E-state index contributed by atoms with van der Waals surface area (Å²) in [5, 5.41) is 4.33. The first kappa shape index (κ1) is 21.4. The molecule has 11 heteroatoms. The lowest BCUT2D eigenvalue weighted by Crippen LogP contribution is -2.44. The van der Waals surface area contributed by atoms with Gasteiger partial charge in [0.05, 0.1) is 44.0 Å². The maximum atomic E-state index is 12.8. The topological polar surface area (TPSA) is 101 Å². The number of aryl methyl sites for hydroxylation is 1. The highest BCUT2D eigenvalue weighted by atomic mass is 16.5. The van der Waals surface area contributed by atoms with Gasteiger partial charge in [0.2, 0.25) is 11.8 Å². The number of fused-ring (bicyclic) bond motifs is 1. The molecular formula is C22H28N8O3. The Morgan fingerprint density at radius 3 is 2.88 bits per heavy atom. The van der Waals surface area contributed by atoms with Gasteiger partial charge in [0.15, 0.2) is 0 Å². The molecule has 0 aromatic carbocycles.